The Labute approximate surface area is 109 Å². The molecule has 0 amide bonds. The molecule has 0 aromatic rings. The number of ether oxygens (including phenoxy) is 1. The van der Waals surface area contributed by atoms with Gasteiger partial charge in [0, 0.05) is 0 Å². The van der Waals surface area contributed by atoms with Crippen LogP contribution in [-0.2, 0) is 9.53 Å². The molecule has 4 heteroatoms. The molecular weight excluding hydrogens is 230 g/mol. The van der Waals surface area contributed by atoms with Crippen molar-refractivity contribution in [3.8, 4) is 0 Å². The number of allylic oxidation sites excluding steroid dienone is 1. The summed E-state index contributed by atoms with van der Waals surface area (Å²) in [6.45, 7) is 4.06. The van der Waals surface area contributed by atoms with Gasteiger partial charge in [-0.3, -0.25) is 4.79 Å². The summed E-state index contributed by atoms with van der Waals surface area (Å²) in [5, 5.41) is 12.2. The molecule has 2 atom stereocenters. The number of rotatable bonds is 5. The minimum Gasteiger partial charge on any atom is -0.469 e. The van der Waals surface area contributed by atoms with E-state index in [2.05, 4.69) is 12.1 Å². The van der Waals surface area contributed by atoms with E-state index in [1.54, 1.807) is 6.08 Å². The molecule has 0 aromatic carbocycles. The van der Waals surface area contributed by atoms with E-state index in [4.69, 9.17) is 9.94 Å². The highest BCUT2D eigenvalue weighted by Gasteiger charge is 2.34. The second-order valence-electron chi connectivity index (χ2n) is 4.94. The van der Waals surface area contributed by atoms with E-state index >= 15 is 0 Å². The van der Waals surface area contributed by atoms with Crippen molar-refractivity contribution in [2.75, 3.05) is 7.11 Å². The van der Waals surface area contributed by atoms with Crippen molar-refractivity contribution in [3.63, 3.8) is 0 Å². The molecule has 1 aliphatic rings. The van der Waals surface area contributed by atoms with Gasteiger partial charge in [0.25, 0.3) is 0 Å². The fourth-order valence-electron chi connectivity index (χ4n) is 2.67. The number of hydrogen-bond acceptors (Lipinski definition) is 4. The van der Waals surface area contributed by atoms with Gasteiger partial charge in [-0.1, -0.05) is 36.9 Å². The molecule has 0 unspecified atom stereocenters. The molecule has 0 aromatic heterocycles. The summed E-state index contributed by atoms with van der Waals surface area (Å²) >= 11 is 0. The SMILES string of the molecule is CCCCC[C@H]1C/C(=N/O)C=C(C)[C@@H]1C(=O)OC. The number of unbranched alkanes of at least 4 members (excludes halogenated alkanes) is 2. The minimum atomic E-state index is -0.183. The lowest BCUT2D eigenvalue weighted by atomic mass is 9.75. The van der Waals surface area contributed by atoms with Crippen LogP contribution in [0.1, 0.15) is 46.0 Å². The van der Waals surface area contributed by atoms with Crippen LogP contribution in [0.3, 0.4) is 0 Å². The average Bonchev–Trinajstić information content (AvgIpc) is 2.37. The molecule has 0 saturated carbocycles. The molecule has 0 bridgehead atoms. The van der Waals surface area contributed by atoms with E-state index in [0.29, 0.717) is 12.1 Å². The van der Waals surface area contributed by atoms with Crippen molar-refractivity contribution < 1.29 is 14.7 Å². The highest BCUT2D eigenvalue weighted by Crippen LogP contribution is 2.34. The number of carbonyl (C=O) groups is 1. The molecule has 1 N–H and O–H groups in total. The zero-order chi connectivity index (χ0) is 13.5. The summed E-state index contributed by atoms with van der Waals surface area (Å²) in [5.74, 6) is -0.167. The first kappa shape index (κ1) is 14.7. The van der Waals surface area contributed by atoms with E-state index < -0.39 is 0 Å². The van der Waals surface area contributed by atoms with E-state index in [1.807, 2.05) is 6.92 Å². The molecule has 0 aliphatic heterocycles. The van der Waals surface area contributed by atoms with Gasteiger partial charge in [0.1, 0.15) is 0 Å². The van der Waals surface area contributed by atoms with E-state index in [1.165, 1.54) is 13.5 Å². The van der Waals surface area contributed by atoms with Crippen LogP contribution in [0.2, 0.25) is 0 Å². The number of carbonyl (C=O) groups excluding carboxylic acids is 1. The Kier molecular flexibility index (Phi) is 5.89. The van der Waals surface area contributed by atoms with Gasteiger partial charge in [-0.15, -0.1) is 0 Å². The third kappa shape index (κ3) is 3.59. The van der Waals surface area contributed by atoms with Crippen molar-refractivity contribution in [2.45, 2.75) is 46.0 Å². The van der Waals surface area contributed by atoms with E-state index in [-0.39, 0.29) is 17.8 Å². The number of methoxy groups -OCH3 is 1. The maximum atomic E-state index is 11.8. The number of oxime groups is 1. The second-order valence-corrected chi connectivity index (χ2v) is 4.94. The standard InChI is InChI=1S/C14H23NO3/c1-4-5-6-7-11-9-12(15-17)8-10(2)13(11)14(16)18-3/h8,11,13,17H,4-7,9H2,1-3H3/b15-12+/t11-,13-/m0/s1. The Bertz CT molecular complexity index is 347. The van der Waals surface area contributed by atoms with E-state index in [9.17, 15) is 4.79 Å². The van der Waals surface area contributed by atoms with Crippen LogP contribution in [0.15, 0.2) is 16.8 Å². The first-order valence-corrected chi connectivity index (χ1v) is 6.61. The fourth-order valence-corrected chi connectivity index (χ4v) is 2.67. The second kappa shape index (κ2) is 7.19. The van der Waals surface area contributed by atoms with Crippen LogP contribution in [0.25, 0.3) is 0 Å². The van der Waals surface area contributed by atoms with Gasteiger partial charge in [0.05, 0.1) is 18.7 Å². The monoisotopic (exact) mass is 253 g/mol. The van der Waals surface area contributed by atoms with Crippen molar-refractivity contribution in [1.82, 2.24) is 0 Å². The lowest BCUT2D eigenvalue weighted by Crippen LogP contribution is -2.31. The Morgan fingerprint density at radius 1 is 1.56 bits per heavy atom. The Morgan fingerprint density at radius 3 is 2.83 bits per heavy atom. The Hall–Kier alpha value is -1.32. The third-order valence-corrected chi connectivity index (χ3v) is 3.59. The largest absolute Gasteiger partial charge is 0.469 e. The van der Waals surface area contributed by atoms with Gasteiger partial charge >= 0.3 is 5.97 Å². The molecule has 0 spiro atoms. The zero-order valence-electron chi connectivity index (χ0n) is 11.5. The average molecular weight is 253 g/mol. The molecular formula is C14H23NO3. The zero-order valence-corrected chi connectivity index (χ0v) is 11.5. The van der Waals surface area contributed by atoms with Gasteiger partial charge in [0.2, 0.25) is 0 Å². The molecule has 0 heterocycles. The summed E-state index contributed by atoms with van der Waals surface area (Å²) in [5.41, 5.74) is 1.59. The molecule has 0 radical (unpaired) electrons. The van der Waals surface area contributed by atoms with Crippen molar-refractivity contribution in [1.29, 1.82) is 0 Å². The predicted molar refractivity (Wildman–Crippen MR) is 70.7 cm³/mol. The first-order chi connectivity index (χ1) is 8.63. The van der Waals surface area contributed by atoms with Gasteiger partial charge in [-0.05, 0) is 31.8 Å². The normalized spacial score (nSPS) is 25.9. The van der Waals surface area contributed by atoms with Gasteiger partial charge in [0.15, 0.2) is 0 Å². The highest BCUT2D eigenvalue weighted by molar-refractivity contribution is 5.98. The molecule has 18 heavy (non-hydrogen) atoms. The quantitative estimate of drug-likeness (QED) is 0.354. The number of esters is 1. The van der Waals surface area contributed by atoms with Crippen LogP contribution in [-0.4, -0.2) is 24.0 Å². The van der Waals surface area contributed by atoms with Gasteiger partial charge in [-0.25, -0.2) is 0 Å². The van der Waals surface area contributed by atoms with Gasteiger partial charge in [-0.2, -0.15) is 0 Å². The summed E-state index contributed by atoms with van der Waals surface area (Å²) in [6.07, 6.45) is 6.83. The van der Waals surface area contributed by atoms with Crippen LogP contribution < -0.4 is 0 Å². The molecule has 102 valence electrons. The van der Waals surface area contributed by atoms with E-state index in [0.717, 1.165) is 24.8 Å². The van der Waals surface area contributed by atoms with Crippen molar-refractivity contribution in [2.24, 2.45) is 17.0 Å². The minimum absolute atomic E-state index is 0.178. The van der Waals surface area contributed by atoms with Crippen LogP contribution in [0, 0.1) is 11.8 Å². The van der Waals surface area contributed by atoms with Crippen molar-refractivity contribution >= 4 is 11.7 Å². The molecule has 0 fully saturated rings. The summed E-state index contributed by atoms with van der Waals surface area (Å²) in [7, 11) is 1.42. The lowest BCUT2D eigenvalue weighted by Gasteiger charge is -2.29. The lowest BCUT2D eigenvalue weighted by molar-refractivity contribution is -0.145. The Balaban J connectivity index is 2.82. The van der Waals surface area contributed by atoms with Gasteiger partial charge < -0.3 is 9.94 Å². The topological polar surface area (TPSA) is 58.9 Å². The van der Waals surface area contributed by atoms with Crippen LogP contribution >= 0.6 is 0 Å². The highest BCUT2D eigenvalue weighted by atomic mass is 16.5. The van der Waals surface area contributed by atoms with Crippen molar-refractivity contribution in [3.05, 3.63) is 11.6 Å². The molecule has 1 rings (SSSR count). The summed E-state index contributed by atoms with van der Waals surface area (Å²) in [4.78, 5) is 11.8. The third-order valence-electron chi connectivity index (χ3n) is 3.59. The first-order valence-electron chi connectivity index (χ1n) is 6.61. The van der Waals surface area contributed by atoms with Crippen LogP contribution in [0.4, 0.5) is 0 Å². The summed E-state index contributed by atoms with van der Waals surface area (Å²) < 4.78 is 4.88. The predicted octanol–water partition coefficient (Wildman–Crippen LogP) is 3.15. The molecule has 0 saturated heterocycles. The number of hydrogen-bond donors (Lipinski definition) is 1. The molecule has 1 aliphatic carbocycles. The maximum Gasteiger partial charge on any atom is 0.313 e. The number of nitrogens with zero attached hydrogens (tertiary/aromatic N) is 1. The fraction of sp³-hybridized carbons (Fsp3) is 0.714. The van der Waals surface area contributed by atoms with Crippen LogP contribution in [0.5, 0.6) is 0 Å². The Morgan fingerprint density at radius 2 is 2.28 bits per heavy atom. The molecule has 4 nitrogen and oxygen atoms in total. The smallest absolute Gasteiger partial charge is 0.313 e. The maximum absolute atomic E-state index is 11.8. The summed E-state index contributed by atoms with van der Waals surface area (Å²) in [6, 6.07) is 0.